The number of hydrogen-bond acceptors (Lipinski definition) is 5. The highest BCUT2D eigenvalue weighted by Crippen LogP contribution is 2.22. The maximum atomic E-state index is 11.7. The number of aromatic nitrogens is 2. The third-order valence-electron chi connectivity index (χ3n) is 3.97. The summed E-state index contributed by atoms with van der Waals surface area (Å²) in [4.78, 5) is 18.0. The Morgan fingerprint density at radius 3 is 2.68 bits per heavy atom. The van der Waals surface area contributed by atoms with Crippen molar-refractivity contribution in [1.82, 2.24) is 19.8 Å². The van der Waals surface area contributed by atoms with E-state index >= 15 is 0 Å². The highest BCUT2D eigenvalue weighted by molar-refractivity contribution is 5.84. The van der Waals surface area contributed by atoms with Gasteiger partial charge in [-0.15, -0.1) is 0 Å². The van der Waals surface area contributed by atoms with E-state index in [0.29, 0.717) is 18.9 Å². The van der Waals surface area contributed by atoms with E-state index in [0.717, 1.165) is 11.0 Å². The standard InChI is InChI=1S/C18H23N5O2/c1-4-20-17(25)12-23(5-2)11-16(24)13(10-19)18-21-14-8-6-7-9-15(14)22(18)3/h6-9,24H,4-5,11-12H2,1-3H3,(H,20,25)/b16-13-. The maximum Gasteiger partial charge on any atom is 0.234 e. The number of fused-ring (bicyclic) bond motifs is 1. The number of carbonyl (C=O) groups excluding carboxylic acids is 1. The lowest BCUT2D eigenvalue weighted by Crippen LogP contribution is -2.38. The largest absolute Gasteiger partial charge is 0.509 e. The van der Waals surface area contributed by atoms with Crippen molar-refractivity contribution in [1.29, 1.82) is 5.26 Å². The Morgan fingerprint density at radius 1 is 1.36 bits per heavy atom. The van der Waals surface area contributed by atoms with Gasteiger partial charge in [-0.3, -0.25) is 9.69 Å². The van der Waals surface area contributed by atoms with E-state index in [1.807, 2.05) is 51.2 Å². The fraction of sp³-hybridized carbons (Fsp3) is 0.389. The molecule has 0 fully saturated rings. The summed E-state index contributed by atoms with van der Waals surface area (Å²) in [5.74, 6) is 0.209. The molecule has 1 amide bonds. The van der Waals surface area contributed by atoms with Crippen LogP contribution in [-0.4, -0.2) is 51.6 Å². The molecule has 0 saturated heterocycles. The zero-order chi connectivity index (χ0) is 18.4. The first-order valence-corrected chi connectivity index (χ1v) is 8.24. The first-order chi connectivity index (χ1) is 12.0. The Morgan fingerprint density at radius 2 is 2.08 bits per heavy atom. The first kappa shape index (κ1) is 18.5. The molecule has 2 N–H and O–H groups in total. The predicted molar refractivity (Wildman–Crippen MR) is 96.7 cm³/mol. The van der Waals surface area contributed by atoms with E-state index in [-0.39, 0.29) is 30.3 Å². The quantitative estimate of drug-likeness (QED) is 0.592. The second-order valence-corrected chi connectivity index (χ2v) is 5.67. The lowest BCUT2D eigenvalue weighted by atomic mass is 10.2. The minimum Gasteiger partial charge on any atom is -0.509 e. The molecule has 132 valence electrons. The topological polar surface area (TPSA) is 94.2 Å². The number of carbonyl (C=O) groups is 1. The summed E-state index contributed by atoms with van der Waals surface area (Å²) in [5, 5.41) is 22.7. The van der Waals surface area contributed by atoms with Crippen LogP contribution in [-0.2, 0) is 11.8 Å². The van der Waals surface area contributed by atoms with Crippen molar-refractivity contribution < 1.29 is 9.90 Å². The Hall–Kier alpha value is -2.85. The number of nitrogens with one attached hydrogen (secondary N) is 1. The van der Waals surface area contributed by atoms with Gasteiger partial charge in [0.1, 0.15) is 17.4 Å². The number of rotatable bonds is 7. The van der Waals surface area contributed by atoms with Crippen LogP contribution in [0.5, 0.6) is 0 Å². The summed E-state index contributed by atoms with van der Waals surface area (Å²) in [6, 6.07) is 9.59. The van der Waals surface area contributed by atoms with Crippen molar-refractivity contribution in [2.75, 3.05) is 26.2 Å². The molecule has 0 aliphatic carbocycles. The number of amides is 1. The fourth-order valence-corrected chi connectivity index (χ4v) is 2.64. The molecule has 2 rings (SSSR count). The zero-order valence-corrected chi connectivity index (χ0v) is 14.8. The molecule has 1 aromatic heterocycles. The Bertz CT molecular complexity index is 832. The van der Waals surface area contributed by atoms with Gasteiger partial charge < -0.3 is 15.0 Å². The summed E-state index contributed by atoms with van der Waals surface area (Å²) < 4.78 is 1.78. The minimum atomic E-state index is -0.113. The van der Waals surface area contributed by atoms with Crippen LogP contribution in [0.1, 0.15) is 19.7 Å². The van der Waals surface area contributed by atoms with Crippen molar-refractivity contribution in [2.24, 2.45) is 7.05 Å². The normalized spacial score (nSPS) is 12.1. The average molecular weight is 341 g/mol. The van der Waals surface area contributed by atoms with Gasteiger partial charge in [0, 0.05) is 13.6 Å². The average Bonchev–Trinajstić information content (AvgIpc) is 2.92. The molecule has 0 aliphatic rings. The fourth-order valence-electron chi connectivity index (χ4n) is 2.64. The highest BCUT2D eigenvalue weighted by Gasteiger charge is 2.18. The molecule has 0 bridgehead atoms. The summed E-state index contributed by atoms with van der Waals surface area (Å²) in [6.07, 6.45) is 0. The summed E-state index contributed by atoms with van der Waals surface area (Å²) >= 11 is 0. The molecular weight excluding hydrogens is 318 g/mol. The Labute approximate surface area is 147 Å². The Balaban J connectivity index is 2.31. The van der Waals surface area contributed by atoms with E-state index in [4.69, 9.17) is 0 Å². The number of para-hydroxylation sites is 2. The van der Waals surface area contributed by atoms with E-state index < -0.39 is 0 Å². The predicted octanol–water partition coefficient (Wildman–Crippen LogP) is 1.82. The third-order valence-corrected chi connectivity index (χ3v) is 3.97. The van der Waals surface area contributed by atoms with E-state index in [1.54, 1.807) is 9.47 Å². The van der Waals surface area contributed by atoms with Gasteiger partial charge >= 0.3 is 0 Å². The van der Waals surface area contributed by atoms with Crippen molar-refractivity contribution in [3.8, 4) is 6.07 Å². The third kappa shape index (κ3) is 4.17. The molecule has 7 nitrogen and oxygen atoms in total. The maximum absolute atomic E-state index is 11.7. The van der Waals surface area contributed by atoms with Crippen LogP contribution in [0.4, 0.5) is 0 Å². The minimum absolute atomic E-state index is 0.0907. The van der Waals surface area contributed by atoms with Crippen LogP contribution in [0.25, 0.3) is 16.6 Å². The van der Waals surface area contributed by atoms with Gasteiger partial charge in [0.15, 0.2) is 5.82 Å². The van der Waals surface area contributed by atoms with Gasteiger partial charge in [0.2, 0.25) is 5.91 Å². The second kappa shape index (κ2) is 8.31. The van der Waals surface area contributed by atoms with Gasteiger partial charge in [-0.25, -0.2) is 4.98 Å². The SMILES string of the molecule is CCNC(=O)CN(CC)C/C(O)=C(\C#N)c1nc2ccccc2n1C. The van der Waals surface area contributed by atoms with Gasteiger partial charge in [-0.2, -0.15) is 5.26 Å². The van der Waals surface area contributed by atoms with Crippen molar-refractivity contribution in [2.45, 2.75) is 13.8 Å². The monoisotopic (exact) mass is 341 g/mol. The van der Waals surface area contributed by atoms with Gasteiger partial charge in [0.05, 0.1) is 24.1 Å². The van der Waals surface area contributed by atoms with Gasteiger partial charge in [-0.05, 0) is 25.6 Å². The molecule has 1 heterocycles. The number of imidazole rings is 1. The van der Waals surface area contributed by atoms with Crippen LogP contribution in [0, 0.1) is 11.3 Å². The Kier molecular flexibility index (Phi) is 6.14. The number of aryl methyl sites for hydroxylation is 1. The molecule has 25 heavy (non-hydrogen) atoms. The molecular formula is C18H23N5O2. The molecule has 1 aromatic carbocycles. The molecule has 0 radical (unpaired) electrons. The number of allylic oxidation sites excluding steroid dienone is 1. The van der Waals surface area contributed by atoms with E-state index in [9.17, 15) is 15.2 Å². The summed E-state index contributed by atoms with van der Waals surface area (Å²) in [5.41, 5.74) is 1.76. The molecule has 0 saturated carbocycles. The highest BCUT2D eigenvalue weighted by atomic mass is 16.3. The van der Waals surface area contributed by atoms with Crippen LogP contribution >= 0.6 is 0 Å². The molecule has 2 aromatic rings. The number of likely N-dealkylation sites (N-methyl/N-ethyl adjacent to an activating group) is 2. The van der Waals surface area contributed by atoms with Gasteiger partial charge in [-0.1, -0.05) is 19.1 Å². The second-order valence-electron chi connectivity index (χ2n) is 5.67. The molecule has 7 heteroatoms. The molecule has 0 spiro atoms. The summed E-state index contributed by atoms with van der Waals surface area (Å²) in [7, 11) is 1.81. The zero-order valence-electron chi connectivity index (χ0n) is 14.8. The number of hydrogen-bond donors (Lipinski definition) is 2. The lowest BCUT2D eigenvalue weighted by molar-refractivity contribution is -0.122. The van der Waals surface area contributed by atoms with Crippen LogP contribution < -0.4 is 5.32 Å². The lowest BCUT2D eigenvalue weighted by Gasteiger charge is -2.19. The molecule has 0 aliphatic heterocycles. The van der Waals surface area contributed by atoms with Crippen LogP contribution in [0.2, 0.25) is 0 Å². The van der Waals surface area contributed by atoms with E-state index in [1.165, 1.54) is 0 Å². The van der Waals surface area contributed by atoms with E-state index in [2.05, 4.69) is 10.3 Å². The molecule has 0 atom stereocenters. The smallest absolute Gasteiger partial charge is 0.234 e. The van der Waals surface area contributed by atoms with Crippen molar-refractivity contribution in [3.05, 3.63) is 35.8 Å². The van der Waals surface area contributed by atoms with Crippen molar-refractivity contribution in [3.63, 3.8) is 0 Å². The van der Waals surface area contributed by atoms with Crippen molar-refractivity contribution >= 4 is 22.5 Å². The number of aliphatic hydroxyl groups excluding tert-OH is 1. The van der Waals surface area contributed by atoms with Crippen LogP contribution in [0.15, 0.2) is 30.0 Å². The summed E-state index contributed by atoms with van der Waals surface area (Å²) in [6.45, 7) is 5.15. The first-order valence-electron chi connectivity index (χ1n) is 8.24. The number of nitrogens with zero attached hydrogens (tertiary/aromatic N) is 4. The number of nitriles is 1. The number of benzene rings is 1. The number of aliphatic hydroxyl groups is 1. The molecule has 0 unspecified atom stereocenters. The van der Waals surface area contributed by atoms with Gasteiger partial charge in [0.25, 0.3) is 0 Å². The van der Waals surface area contributed by atoms with Crippen LogP contribution in [0.3, 0.4) is 0 Å².